The van der Waals surface area contributed by atoms with Crippen LogP contribution in [0.4, 0.5) is 0 Å². The van der Waals surface area contributed by atoms with Crippen molar-refractivity contribution in [1.29, 1.82) is 0 Å². The molecule has 0 atom stereocenters. The summed E-state index contributed by atoms with van der Waals surface area (Å²) in [6.07, 6.45) is 0. The Labute approximate surface area is 81.0 Å². The molecule has 2 N–H and O–H groups in total. The first-order valence-corrected chi connectivity index (χ1v) is 4.40. The molecule has 0 saturated carbocycles. The summed E-state index contributed by atoms with van der Waals surface area (Å²) in [5.74, 6) is 0. The number of benzene rings is 1. The molecule has 4 heteroatoms. The van der Waals surface area contributed by atoms with Gasteiger partial charge in [-0.3, -0.25) is 9.36 Å². The molecule has 0 fully saturated rings. The Morgan fingerprint density at radius 2 is 2.14 bits per heavy atom. The number of aryl methyl sites for hydroxylation is 1. The van der Waals surface area contributed by atoms with Gasteiger partial charge in [0, 0.05) is 0 Å². The zero-order valence-electron chi connectivity index (χ0n) is 7.90. The standard InChI is InChI=1S/C10H11N3O/c1-7-10(14)13(6-11)9-5-3-2-4-8(9)12-7/h2-5H,6,11H2,1H3. The third-order valence-electron chi connectivity index (χ3n) is 2.20. The SMILES string of the molecule is Cc1nc2ccccc2n(CN)c1=O. The molecule has 0 amide bonds. The molecule has 2 aromatic rings. The van der Waals surface area contributed by atoms with E-state index in [2.05, 4.69) is 4.98 Å². The van der Waals surface area contributed by atoms with Crippen LogP contribution in [0.2, 0.25) is 0 Å². The molecule has 0 aliphatic heterocycles. The number of nitrogens with zero attached hydrogens (tertiary/aromatic N) is 2. The summed E-state index contributed by atoms with van der Waals surface area (Å²) >= 11 is 0. The topological polar surface area (TPSA) is 60.9 Å². The first-order valence-electron chi connectivity index (χ1n) is 4.40. The molecule has 0 spiro atoms. The van der Waals surface area contributed by atoms with Crippen LogP contribution in [-0.4, -0.2) is 9.55 Å². The second-order valence-electron chi connectivity index (χ2n) is 3.10. The monoisotopic (exact) mass is 189 g/mol. The fraction of sp³-hybridized carbons (Fsp3) is 0.200. The number of hydrogen-bond acceptors (Lipinski definition) is 3. The summed E-state index contributed by atoms with van der Waals surface area (Å²) in [5.41, 5.74) is 7.47. The van der Waals surface area contributed by atoms with E-state index in [0.29, 0.717) is 5.69 Å². The molecule has 0 aliphatic carbocycles. The average molecular weight is 189 g/mol. The zero-order chi connectivity index (χ0) is 10.1. The van der Waals surface area contributed by atoms with E-state index in [-0.39, 0.29) is 12.2 Å². The van der Waals surface area contributed by atoms with E-state index in [4.69, 9.17) is 5.73 Å². The zero-order valence-corrected chi connectivity index (χ0v) is 7.90. The Morgan fingerprint density at radius 1 is 1.43 bits per heavy atom. The summed E-state index contributed by atoms with van der Waals surface area (Å²) in [6.45, 7) is 1.88. The van der Waals surface area contributed by atoms with E-state index in [9.17, 15) is 4.79 Å². The number of nitrogens with two attached hydrogens (primary N) is 1. The van der Waals surface area contributed by atoms with Crippen LogP contribution in [0.5, 0.6) is 0 Å². The van der Waals surface area contributed by atoms with Gasteiger partial charge in [0.25, 0.3) is 5.56 Å². The number of fused-ring (bicyclic) bond motifs is 1. The smallest absolute Gasteiger partial charge is 0.273 e. The van der Waals surface area contributed by atoms with Crippen molar-refractivity contribution in [1.82, 2.24) is 9.55 Å². The van der Waals surface area contributed by atoms with Crippen molar-refractivity contribution in [2.24, 2.45) is 5.73 Å². The minimum absolute atomic E-state index is 0.119. The quantitative estimate of drug-likeness (QED) is 0.715. The molecular formula is C10H11N3O. The highest BCUT2D eigenvalue weighted by atomic mass is 16.1. The minimum atomic E-state index is -0.119. The fourth-order valence-electron chi connectivity index (χ4n) is 1.50. The Balaban J connectivity index is 2.96. The van der Waals surface area contributed by atoms with Crippen LogP contribution in [0.25, 0.3) is 11.0 Å². The summed E-state index contributed by atoms with van der Waals surface area (Å²) in [7, 11) is 0. The van der Waals surface area contributed by atoms with E-state index < -0.39 is 0 Å². The van der Waals surface area contributed by atoms with Crippen LogP contribution >= 0.6 is 0 Å². The molecule has 0 aliphatic rings. The Morgan fingerprint density at radius 3 is 2.86 bits per heavy atom. The van der Waals surface area contributed by atoms with E-state index in [1.54, 1.807) is 6.92 Å². The van der Waals surface area contributed by atoms with Gasteiger partial charge in [0.15, 0.2) is 0 Å². The molecule has 14 heavy (non-hydrogen) atoms. The van der Waals surface area contributed by atoms with Crippen LogP contribution in [-0.2, 0) is 6.67 Å². The van der Waals surface area contributed by atoms with Gasteiger partial charge in [0.1, 0.15) is 5.69 Å². The maximum Gasteiger partial charge on any atom is 0.273 e. The number of aromatic nitrogens is 2. The van der Waals surface area contributed by atoms with Gasteiger partial charge in [0.2, 0.25) is 0 Å². The predicted molar refractivity (Wildman–Crippen MR) is 54.9 cm³/mol. The van der Waals surface area contributed by atoms with Crippen molar-refractivity contribution in [3.8, 4) is 0 Å². The number of hydrogen-bond donors (Lipinski definition) is 1. The van der Waals surface area contributed by atoms with Crippen molar-refractivity contribution in [2.45, 2.75) is 13.6 Å². The fourth-order valence-corrected chi connectivity index (χ4v) is 1.50. The van der Waals surface area contributed by atoms with Crippen LogP contribution in [0.3, 0.4) is 0 Å². The lowest BCUT2D eigenvalue weighted by Gasteiger charge is -2.07. The van der Waals surface area contributed by atoms with Gasteiger partial charge in [0.05, 0.1) is 17.7 Å². The van der Waals surface area contributed by atoms with Gasteiger partial charge in [-0.2, -0.15) is 0 Å². The van der Waals surface area contributed by atoms with Gasteiger partial charge in [-0.15, -0.1) is 0 Å². The van der Waals surface area contributed by atoms with Crippen molar-refractivity contribution in [3.63, 3.8) is 0 Å². The molecule has 2 rings (SSSR count). The molecule has 0 radical (unpaired) electrons. The van der Waals surface area contributed by atoms with E-state index in [1.165, 1.54) is 4.57 Å². The Hall–Kier alpha value is -1.68. The van der Waals surface area contributed by atoms with Crippen LogP contribution in [0, 0.1) is 6.92 Å². The van der Waals surface area contributed by atoms with Gasteiger partial charge in [-0.05, 0) is 19.1 Å². The first kappa shape index (κ1) is 8.90. The lowest BCUT2D eigenvalue weighted by Crippen LogP contribution is -2.27. The van der Waals surface area contributed by atoms with Gasteiger partial charge >= 0.3 is 0 Å². The van der Waals surface area contributed by atoms with Crippen molar-refractivity contribution in [3.05, 3.63) is 40.3 Å². The summed E-state index contributed by atoms with van der Waals surface area (Å²) in [4.78, 5) is 15.8. The maximum absolute atomic E-state index is 11.6. The van der Waals surface area contributed by atoms with Crippen molar-refractivity contribution in [2.75, 3.05) is 0 Å². The lowest BCUT2D eigenvalue weighted by atomic mass is 10.3. The Kier molecular flexibility index (Phi) is 2.05. The molecule has 1 heterocycles. The highest BCUT2D eigenvalue weighted by Crippen LogP contribution is 2.08. The van der Waals surface area contributed by atoms with Crippen LogP contribution in [0.1, 0.15) is 5.69 Å². The number of para-hydroxylation sites is 2. The normalized spacial score (nSPS) is 10.7. The van der Waals surface area contributed by atoms with Gasteiger partial charge in [-0.25, -0.2) is 4.98 Å². The molecule has 72 valence electrons. The summed E-state index contributed by atoms with van der Waals surface area (Å²) < 4.78 is 1.53. The van der Waals surface area contributed by atoms with Gasteiger partial charge in [-0.1, -0.05) is 12.1 Å². The molecule has 1 aromatic heterocycles. The highest BCUT2D eigenvalue weighted by molar-refractivity contribution is 5.74. The molecule has 0 saturated heterocycles. The molecule has 4 nitrogen and oxygen atoms in total. The van der Waals surface area contributed by atoms with Crippen molar-refractivity contribution >= 4 is 11.0 Å². The second kappa shape index (κ2) is 3.23. The molecular weight excluding hydrogens is 178 g/mol. The molecule has 0 unspecified atom stereocenters. The van der Waals surface area contributed by atoms with Gasteiger partial charge < -0.3 is 5.73 Å². The molecule has 1 aromatic carbocycles. The number of rotatable bonds is 1. The third kappa shape index (κ3) is 1.20. The highest BCUT2D eigenvalue weighted by Gasteiger charge is 2.04. The van der Waals surface area contributed by atoms with E-state index in [1.807, 2.05) is 24.3 Å². The minimum Gasteiger partial charge on any atom is -0.313 e. The van der Waals surface area contributed by atoms with Crippen LogP contribution in [0.15, 0.2) is 29.1 Å². The summed E-state index contributed by atoms with van der Waals surface area (Å²) in [5, 5.41) is 0. The second-order valence-corrected chi connectivity index (χ2v) is 3.10. The molecule has 0 bridgehead atoms. The van der Waals surface area contributed by atoms with Crippen LogP contribution < -0.4 is 11.3 Å². The van der Waals surface area contributed by atoms with E-state index >= 15 is 0 Å². The Bertz CT molecular complexity index is 530. The van der Waals surface area contributed by atoms with E-state index in [0.717, 1.165) is 11.0 Å². The maximum atomic E-state index is 11.6. The predicted octanol–water partition coefficient (Wildman–Crippen LogP) is 0.621. The van der Waals surface area contributed by atoms with Crippen molar-refractivity contribution < 1.29 is 0 Å². The third-order valence-corrected chi connectivity index (χ3v) is 2.20. The largest absolute Gasteiger partial charge is 0.313 e. The average Bonchev–Trinajstić information content (AvgIpc) is 2.20. The summed E-state index contributed by atoms with van der Waals surface area (Å²) in [6, 6.07) is 7.47. The lowest BCUT2D eigenvalue weighted by molar-refractivity contribution is 0.717. The first-order chi connectivity index (χ1) is 6.74.